The average Bonchev–Trinajstić information content (AvgIpc) is 2.92. The van der Waals surface area contributed by atoms with Gasteiger partial charge in [-0.2, -0.15) is 5.10 Å². The highest BCUT2D eigenvalue weighted by atomic mass is 16.5. The van der Waals surface area contributed by atoms with Gasteiger partial charge < -0.3 is 15.4 Å². The van der Waals surface area contributed by atoms with Gasteiger partial charge in [-0.3, -0.25) is 9.48 Å². The Bertz CT molecular complexity index is 683. The van der Waals surface area contributed by atoms with Crippen LogP contribution in [0.4, 0.5) is 11.4 Å². The number of amides is 1. The average molecular weight is 314 g/mol. The summed E-state index contributed by atoms with van der Waals surface area (Å²) < 4.78 is 7.24. The van der Waals surface area contributed by atoms with Crippen LogP contribution < -0.4 is 10.6 Å². The molecule has 2 atom stereocenters. The van der Waals surface area contributed by atoms with Crippen LogP contribution in [0.5, 0.6) is 0 Å². The molecule has 6 heteroatoms. The second-order valence-electron chi connectivity index (χ2n) is 5.98. The van der Waals surface area contributed by atoms with Crippen molar-refractivity contribution in [2.45, 2.75) is 31.9 Å². The van der Waals surface area contributed by atoms with Crippen molar-refractivity contribution < 1.29 is 9.53 Å². The molecule has 1 fully saturated rings. The number of hydrogen-bond donors (Lipinski definition) is 2. The lowest BCUT2D eigenvalue weighted by atomic mass is 10.0. The van der Waals surface area contributed by atoms with Gasteiger partial charge in [0.2, 0.25) is 0 Å². The van der Waals surface area contributed by atoms with Crippen LogP contribution in [0.25, 0.3) is 0 Å². The van der Waals surface area contributed by atoms with Gasteiger partial charge in [0.25, 0.3) is 5.91 Å². The summed E-state index contributed by atoms with van der Waals surface area (Å²) in [6.07, 6.45) is 5.56. The van der Waals surface area contributed by atoms with Crippen LogP contribution in [0.1, 0.15) is 30.1 Å². The van der Waals surface area contributed by atoms with Crippen molar-refractivity contribution in [3.63, 3.8) is 0 Å². The Morgan fingerprint density at radius 2 is 2.26 bits per heavy atom. The van der Waals surface area contributed by atoms with Crippen molar-refractivity contribution in [1.29, 1.82) is 0 Å². The molecule has 1 aliphatic heterocycles. The van der Waals surface area contributed by atoms with Crippen LogP contribution in [0.15, 0.2) is 36.7 Å². The van der Waals surface area contributed by atoms with Gasteiger partial charge in [-0.15, -0.1) is 0 Å². The number of nitrogens with one attached hydrogen (secondary N) is 2. The molecule has 6 nitrogen and oxygen atoms in total. The third kappa shape index (κ3) is 4.10. The quantitative estimate of drug-likeness (QED) is 0.909. The van der Waals surface area contributed by atoms with Crippen LogP contribution in [0.3, 0.4) is 0 Å². The zero-order chi connectivity index (χ0) is 16.2. The Balaban J connectivity index is 1.65. The van der Waals surface area contributed by atoms with Crippen molar-refractivity contribution in [2.24, 2.45) is 7.05 Å². The van der Waals surface area contributed by atoms with Crippen molar-refractivity contribution >= 4 is 17.3 Å². The lowest BCUT2D eigenvalue weighted by Gasteiger charge is -2.28. The van der Waals surface area contributed by atoms with E-state index in [-0.39, 0.29) is 18.1 Å². The number of hydrogen-bond acceptors (Lipinski definition) is 4. The lowest BCUT2D eigenvalue weighted by molar-refractivity contribution is 0.0136. The highest BCUT2D eigenvalue weighted by molar-refractivity contribution is 5.95. The first-order chi connectivity index (χ1) is 11.1. The SMILES string of the molecule is CC1CC(NC(=O)c2cccc(Nc3cnn(C)c3)c2)CCO1. The van der Waals surface area contributed by atoms with Crippen LogP contribution >= 0.6 is 0 Å². The summed E-state index contributed by atoms with van der Waals surface area (Å²) in [4.78, 5) is 12.4. The van der Waals surface area contributed by atoms with Crippen LogP contribution in [0.2, 0.25) is 0 Å². The molecule has 122 valence electrons. The monoisotopic (exact) mass is 314 g/mol. The lowest BCUT2D eigenvalue weighted by Crippen LogP contribution is -2.41. The molecule has 2 heterocycles. The van der Waals surface area contributed by atoms with Crippen molar-refractivity contribution in [2.75, 3.05) is 11.9 Å². The summed E-state index contributed by atoms with van der Waals surface area (Å²) in [6.45, 7) is 2.74. The summed E-state index contributed by atoms with van der Waals surface area (Å²) in [7, 11) is 1.87. The van der Waals surface area contributed by atoms with Crippen LogP contribution in [-0.4, -0.2) is 34.4 Å². The van der Waals surface area contributed by atoms with E-state index in [1.165, 1.54) is 0 Å². The van der Waals surface area contributed by atoms with Gasteiger partial charge in [0.05, 0.1) is 18.0 Å². The molecule has 2 N–H and O–H groups in total. The van der Waals surface area contributed by atoms with E-state index in [1.807, 2.05) is 44.4 Å². The third-order valence-electron chi connectivity index (χ3n) is 3.94. The Kier molecular flexibility index (Phi) is 4.62. The molecular weight excluding hydrogens is 292 g/mol. The normalized spacial score (nSPS) is 21.0. The molecule has 0 aliphatic carbocycles. The summed E-state index contributed by atoms with van der Waals surface area (Å²) >= 11 is 0. The van der Waals surface area contributed by atoms with Gasteiger partial charge in [-0.1, -0.05) is 6.07 Å². The smallest absolute Gasteiger partial charge is 0.251 e. The van der Waals surface area contributed by atoms with E-state index in [0.717, 1.165) is 24.2 Å². The third-order valence-corrected chi connectivity index (χ3v) is 3.94. The second-order valence-corrected chi connectivity index (χ2v) is 5.98. The van der Waals surface area contributed by atoms with Gasteiger partial charge in [0.15, 0.2) is 0 Å². The molecule has 23 heavy (non-hydrogen) atoms. The highest BCUT2D eigenvalue weighted by Gasteiger charge is 2.21. The molecule has 1 aromatic heterocycles. The summed E-state index contributed by atoms with van der Waals surface area (Å²) in [5.41, 5.74) is 2.41. The minimum absolute atomic E-state index is 0.0427. The zero-order valence-electron chi connectivity index (χ0n) is 13.5. The number of aryl methyl sites for hydroxylation is 1. The van der Waals surface area contributed by atoms with Crippen LogP contribution in [-0.2, 0) is 11.8 Å². The molecule has 2 aromatic rings. The van der Waals surface area contributed by atoms with E-state index in [9.17, 15) is 4.79 Å². The molecule has 1 aromatic carbocycles. The number of rotatable bonds is 4. The van der Waals surface area contributed by atoms with Gasteiger partial charge >= 0.3 is 0 Å². The predicted octanol–water partition coefficient (Wildman–Crippen LogP) is 2.46. The molecule has 1 saturated heterocycles. The summed E-state index contributed by atoms with van der Waals surface area (Å²) in [6, 6.07) is 7.67. The Hall–Kier alpha value is -2.34. The molecular formula is C17H22N4O2. The molecule has 2 unspecified atom stereocenters. The summed E-state index contributed by atoms with van der Waals surface area (Å²) in [5.74, 6) is -0.0427. The van der Waals surface area contributed by atoms with E-state index >= 15 is 0 Å². The largest absolute Gasteiger partial charge is 0.378 e. The van der Waals surface area contributed by atoms with E-state index in [4.69, 9.17) is 4.74 Å². The Labute approximate surface area is 135 Å². The first kappa shape index (κ1) is 15.6. The maximum Gasteiger partial charge on any atom is 0.251 e. The molecule has 0 bridgehead atoms. The summed E-state index contributed by atoms with van der Waals surface area (Å²) in [5, 5.41) is 10.5. The highest BCUT2D eigenvalue weighted by Crippen LogP contribution is 2.18. The molecule has 3 rings (SSSR count). The topological polar surface area (TPSA) is 68.2 Å². The van der Waals surface area contributed by atoms with Crippen molar-refractivity contribution in [1.82, 2.24) is 15.1 Å². The molecule has 0 spiro atoms. The van der Waals surface area contributed by atoms with E-state index in [0.29, 0.717) is 12.2 Å². The maximum atomic E-state index is 12.4. The number of nitrogens with zero attached hydrogens (tertiary/aromatic N) is 2. The number of ether oxygens (including phenoxy) is 1. The van der Waals surface area contributed by atoms with Gasteiger partial charge in [0.1, 0.15) is 0 Å². The fourth-order valence-electron chi connectivity index (χ4n) is 2.79. The number of anilines is 2. The maximum absolute atomic E-state index is 12.4. The Morgan fingerprint density at radius 1 is 1.39 bits per heavy atom. The fourth-order valence-corrected chi connectivity index (χ4v) is 2.79. The van der Waals surface area contributed by atoms with Gasteiger partial charge in [-0.25, -0.2) is 0 Å². The minimum atomic E-state index is -0.0427. The number of carbonyl (C=O) groups is 1. The molecule has 0 saturated carbocycles. The van der Waals surface area contributed by atoms with Crippen LogP contribution in [0, 0.1) is 0 Å². The number of benzene rings is 1. The number of aromatic nitrogens is 2. The van der Waals surface area contributed by atoms with Gasteiger partial charge in [-0.05, 0) is 38.0 Å². The molecule has 1 amide bonds. The Morgan fingerprint density at radius 3 is 3.00 bits per heavy atom. The second kappa shape index (κ2) is 6.83. The zero-order valence-corrected chi connectivity index (χ0v) is 13.5. The number of carbonyl (C=O) groups excluding carboxylic acids is 1. The minimum Gasteiger partial charge on any atom is -0.378 e. The predicted molar refractivity (Wildman–Crippen MR) is 88.8 cm³/mol. The van der Waals surface area contributed by atoms with Crippen molar-refractivity contribution in [3.05, 3.63) is 42.2 Å². The fraction of sp³-hybridized carbons (Fsp3) is 0.412. The van der Waals surface area contributed by atoms with E-state index in [2.05, 4.69) is 15.7 Å². The first-order valence-electron chi connectivity index (χ1n) is 7.88. The standard InChI is InChI=1S/C17H22N4O2/c1-12-8-15(6-7-23-12)20-17(22)13-4-3-5-14(9-13)19-16-10-18-21(2)11-16/h3-5,9-12,15,19H,6-8H2,1-2H3,(H,20,22). The molecule has 1 aliphatic rings. The molecule has 0 radical (unpaired) electrons. The van der Waals surface area contributed by atoms with E-state index in [1.54, 1.807) is 10.9 Å². The van der Waals surface area contributed by atoms with Crippen molar-refractivity contribution in [3.8, 4) is 0 Å². The first-order valence-corrected chi connectivity index (χ1v) is 7.88. The van der Waals surface area contributed by atoms with E-state index < -0.39 is 0 Å². The van der Waals surface area contributed by atoms with Gasteiger partial charge in [0, 0.05) is 37.1 Å².